The van der Waals surface area contributed by atoms with Crippen molar-refractivity contribution in [1.82, 2.24) is 9.99 Å². The maximum absolute atomic E-state index is 13.7. The zero-order valence-corrected chi connectivity index (χ0v) is 24.8. The molecular weight excluding hydrogens is 606 g/mol. The molecule has 1 aromatic heterocycles. The van der Waals surface area contributed by atoms with Crippen molar-refractivity contribution in [3.63, 3.8) is 0 Å². The molecule has 2 heterocycles. The van der Waals surface area contributed by atoms with Gasteiger partial charge >= 0.3 is 0 Å². The number of amides is 1. The first-order valence-electron chi connectivity index (χ1n) is 12.7. The summed E-state index contributed by atoms with van der Waals surface area (Å²) in [6, 6.07) is 16.0. The van der Waals surface area contributed by atoms with Crippen molar-refractivity contribution in [2.24, 2.45) is 5.10 Å². The average molecular weight is 632 g/mol. The van der Waals surface area contributed by atoms with E-state index in [0.717, 1.165) is 27.8 Å². The van der Waals surface area contributed by atoms with Crippen LogP contribution in [0.15, 0.2) is 76.7 Å². The second-order valence-corrected chi connectivity index (χ2v) is 12.1. The predicted octanol–water partition coefficient (Wildman–Crippen LogP) is 5.66. The number of aryl methyl sites for hydroxylation is 1. The van der Waals surface area contributed by atoms with E-state index in [2.05, 4.69) is 10.5 Å². The van der Waals surface area contributed by atoms with Crippen LogP contribution in [0.5, 0.6) is 11.5 Å². The van der Waals surface area contributed by atoms with Crippen LogP contribution >= 0.6 is 23.2 Å². The summed E-state index contributed by atoms with van der Waals surface area (Å²) in [5, 5.41) is 5.09. The summed E-state index contributed by atoms with van der Waals surface area (Å²) in [7, 11) is -4.28. The Morgan fingerprint density at radius 3 is 2.48 bits per heavy atom. The van der Waals surface area contributed by atoms with Gasteiger partial charge in [0, 0.05) is 28.0 Å². The number of benzene rings is 3. The number of fused-ring (bicyclic) bond motifs is 1. The summed E-state index contributed by atoms with van der Waals surface area (Å²) in [5.74, 6) is -0.589. The van der Waals surface area contributed by atoms with E-state index in [1.54, 1.807) is 18.2 Å². The zero-order chi connectivity index (χ0) is 30.0. The van der Waals surface area contributed by atoms with Gasteiger partial charge in [-0.15, -0.1) is 0 Å². The molecule has 0 saturated carbocycles. The minimum atomic E-state index is -4.28. The Kier molecular flexibility index (Phi) is 8.44. The van der Waals surface area contributed by atoms with Crippen LogP contribution in [0, 0.1) is 19.7 Å². The number of carbonyl (C=O) groups is 1. The minimum Gasteiger partial charge on any atom is -0.486 e. The summed E-state index contributed by atoms with van der Waals surface area (Å²) in [5.41, 5.74) is 5.52. The second kappa shape index (κ2) is 12.0. The molecule has 1 aliphatic rings. The van der Waals surface area contributed by atoms with Gasteiger partial charge in [0.15, 0.2) is 11.5 Å². The molecule has 4 aromatic rings. The molecule has 13 heteroatoms. The standard InChI is InChI=1S/C29H25Cl2FN4O5S/c1-18-13-20(19(2)36(18)26-14-21(30)3-9-25(26)31)16-33-34-29(37)17-35(23-6-4-22(32)5-7-23)42(38,39)24-8-10-27-28(15-24)41-12-11-40-27/h3-10,13-16H,11-12,17H2,1-2H3,(H,34,37)/b33-16-. The number of hydrogen-bond acceptors (Lipinski definition) is 6. The lowest BCUT2D eigenvalue weighted by Gasteiger charge is -2.25. The number of nitrogens with one attached hydrogen (secondary N) is 1. The van der Waals surface area contributed by atoms with Gasteiger partial charge in [0.1, 0.15) is 25.6 Å². The number of anilines is 1. The van der Waals surface area contributed by atoms with Crippen LogP contribution in [0.1, 0.15) is 17.0 Å². The number of carbonyl (C=O) groups excluding carboxylic acids is 1. The maximum atomic E-state index is 13.7. The van der Waals surface area contributed by atoms with E-state index in [4.69, 9.17) is 32.7 Å². The first-order valence-corrected chi connectivity index (χ1v) is 14.9. The molecule has 0 saturated heterocycles. The number of hydrazone groups is 1. The van der Waals surface area contributed by atoms with Crippen molar-refractivity contribution in [2.45, 2.75) is 18.7 Å². The Morgan fingerprint density at radius 2 is 1.74 bits per heavy atom. The number of hydrogen-bond donors (Lipinski definition) is 1. The van der Waals surface area contributed by atoms with Gasteiger partial charge in [0.2, 0.25) is 0 Å². The van der Waals surface area contributed by atoms with Crippen molar-refractivity contribution in [3.05, 3.63) is 99.5 Å². The molecule has 1 N–H and O–H groups in total. The molecule has 1 amide bonds. The lowest BCUT2D eigenvalue weighted by Crippen LogP contribution is -2.39. The van der Waals surface area contributed by atoms with E-state index in [0.29, 0.717) is 33.7 Å². The molecule has 0 radical (unpaired) electrons. The topological polar surface area (TPSA) is 102 Å². The average Bonchev–Trinajstić information content (AvgIpc) is 3.25. The first-order chi connectivity index (χ1) is 20.0. The van der Waals surface area contributed by atoms with Crippen LogP contribution in [0.25, 0.3) is 5.69 Å². The van der Waals surface area contributed by atoms with Crippen molar-refractivity contribution in [2.75, 3.05) is 24.1 Å². The lowest BCUT2D eigenvalue weighted by molar-refractivity contribution is -0.119. The quantitative estimate of drug-likeness (QED) is 0.200. The molecule has 1 aliphatic heterocycles. The fourth-order valence-electron chi connectivity index (χ4n) is 4.52. The fraction of sp³-hybridized carbons (Fsp3) is 0.172. The monoisotopic (exact) mass is 630 g/mol. The van der Waals surface area contributed by atoms with E-state index in [-0.39, 0.29) is 22.9 Å². The van der Waals surface area contributed by atoms with Crippen molar-refractivity contribution in [3.8, 4) is 17.2 Å². The van der Waals surface area contributed by atoms with Crippen LogP contribution in [0.2, 0.25) is 10.0 Å². The van der Waals surface area contributed by atoms with Crippen molar-refractivity contribution in [1.29, 1.82) is 0 Å². The molecule has 0 fully saturated rings. The van der Waals surface area contributed by atoms with Gasteiger partial charge in [0.25, 0.3) is 15.9 Å². The van der Waals surface area contributed by atoms with E-state index < -0.39 is 28.3 Å². The molecule has 0 atom stereocenters. The summed E-state index contributed by atoms with van der Waals surface area (Å²) in [4.78, 5) is 12.8. The molecule has 0 spiro atoms. The Morgan fingerprint density at radius 1 is 1.02 bits per heavy atom. The van der Waals surface area contributed by atoms with E-state index in [1.807, 2.05) is 24.5 Å². The Labute approximate surface area is 252 Å². The third-order valence-corrected chi connectivity index (χ3v) is 8.84. The fourth-order valence-corrected chi connectivity index (χ4v) is 6.32. The molecule has 3 aromatic carbocycles. The summed E-state index contributed by atoms with van der Waals surface area (Å²) >= 11 is 12.6. The van der Waals surface area contributed by atoms with Gasteiger partial charge in [0.05, 0.1) is 27.5 Å². The number of nitrogens with zero attached hydrogens (tertiary/aromatic N) is 3. The number of aromatic nitrogens is 1. The largest absolute Gasteiger partial charge is 0.486 e. The summed E-state index contributed by atoms with van der Waals surface area (Å²) in [6.07, 6.45) is 1.45. The van der Waals surface area contributed by atoms with E-state index in [9.17, 15) is 17.6 Å². The highest BCUT2D eigenvalue weighted by molar-refractivity contribution is 7.92. The zero-order valence-electron chi connectivity index (χ0n) is 22.5. The van der Waals surface area contributed by atoms with E-state index >= 15 is 0 Å². The second-order valence-electron chi connectivity index (χ2n) is 9.34. The Balaban J connectivity index is 1.38. The minimum absolute atomic E-state index is 0.0902. The van der Waals surface area contributed by atoms with Crippen LogP contribution in [0.4, 0.5) is 10.1 Å². The molecule has 0 aliphatic carbocycles. The molecule has 0 unspecified atom stereocenters. The summed E-state index contributed by atoms with van der Waals surface area (Å²) < 4.78 is 54.8. The molecule has 5 rings (SSSR count). The van der Waals surface area contributed by atoms with Crippen LogP contribution in [-0.2, 0) is 14.8 Å². The highest BCUT2D eigenvalue weighted by Gasteiger charge is 2.29. The van der Waals surface area contributed by atoms with Gasteiger partial charge in [-0.05, 0) is 74.5 Å². The smallest absolute Gasteiger partial charge is 0.264 e. The highest BCUT2D eigenvalue weighted by atomic mass is 35.5. The third kappa shape index (κ3) is 6.08. The lowest BCUT2D eigenvalue weighted by atomic mass is 10.2. The van der Waals surface area contributed by atoms with Crippen LogP contribution < -0.4 is 19.2 Å². The van der Waals surface area contributed by atoms with Crippen LogP contribution in [0.3, 0.4) is 0 Å². The Bertz CT molecular complexity index is 1790. The SMILES string of the molecule is Cc1cc(/C=N\NC(=O)CN(c2ccc(F)cc2)S(=O)(=O)c2ccc3c(c2)OCCO3)c(C)n1-c1cc(Cl)ccc1Cl. The van der Waals surface area contributed by atoms with Gasteiger partial charge in [-0.3, -0.25) is 9.10 Å². The number of sulfonamides is 1. The first kappa shape index (κ1) is 29.4. The number of ether oxygens (including phenoxy) is 2. The third-order valence-electron chi connectivity index (χ3n) is 6.52. The van der Waals surface area contributed by atoms with Crippen molar-refractivity contribution >= 4 is 51.0 Å². The molecule has 42 heavy (non-hydrogen) atoms. The van der Waals surface area contributed by atoms with Gasteiger partial charge in [-0.25, -0.2) is 18.2 Å². The van der Waals surface area contributed by atoms with Gasteiger partial charge in [-0.2, -0.15) is 5.10 Å². The molecule has 9 nitrogen and oxygen atoms in total. The normalized spacial score (nSPS) is 12.9. The Hall–Kier alpha value is -4.06. The summed E-state index contributed by atoms with van der Waals surface area (Å²) in [6.45, 7) is 3.75. The number of halogens is 3. The van der Waals surface area contributed by atoms with E-state index in [1.165, 1.54) is 36.5 Å². The molecule has 218 valence electrons. The van der Waals surface area contributed by atoms with Gasteiger partial charge in [-0.1, -0.05) is 23.2 Å². The highest BCUT2D eigenvalue weighted by Crippen LogP contribution is 2.34. The van der Waals surface area contributed by atoms with Crippen LogP contribution in [-0.4, -0.2) is 44.9 Å². The maximum Gasteiger partial charge on any atom is 0.264 e. The molecular formula is C29H25Cl2FN4O5S. The molecule has 0 bridgehead atoms. The predicted molar refractivity (Wildman–Crippen MR) is 159 cm³/mol. The van der Waals surface area contributed by atoms with Crippen molar-refractivity contribution < 1.29 is 27.1 Å². The number of rotatable bonds is 8. The van der Waals surface area contributed by atoms with Gasteiger partial charge < -0.3 is 14.0 Å².